The number of rotatable bonds is 2. The van der Waals surface area contributed by atoms with Crippen LogP contribution in [0.5, 0.6) is 0 Å². The summed E-state index contributed by atoms with van der Waals surface area (Å²) in [6, 6.07) is 0. The van der Waals surface area contributed by atoms with Gasteiger partial charge in [-0.2, -0.15) is 0 Å². The molecule has 0 bridgehead atoms. The maximum Gasteiger partial charge on any atom is 0.220 e. The summed E-state index contributed by atoms with van der Waals surface area (Å²) in [5.41, 5.74) is 5.91. The number of nitrogens with two attached hydrogens (primary N) is 1. The molecule has 4 nitrogen and oxygen atoms in total. The van der Waals surface area contributed by atoms with Crippen molar-refractivity contribution in [3.05, 3.63) is 0 Å². The summed E-state index contributed by atoms with van der Waals surface area (Å²) < 4.78 is 0. The van der Waals surface area contributed by atoms with Crippen molar-refractivity contribution in [2.45, 2.75) is 77.6 Å². The third kappa shape index (κ3) is 5.58. The second kappa shape index (κ2) is 8.98. The highest BCUT2D eigenvalue weighted by Crippen LogP contribution is 2.45. The van der Waals surface area contributed by atoms with Crippen LogP contribution < -0.4 is 5.73 Å². The topological polar surface area (TPSA) is 63.4 Å². The molecule has 0 radical (unpaired) electrons. The Balaban J connectivity index is 0.000000198. The van der Waals surface area contributed by atoms with Gasteiger partial charge < -0.3 is 10.6 Å². The lowest BCUT2D eigenvalue weighted by atomic mass is 9.65. The molecule has 0 atom stereocenters. The summed E-state index contributed by atoms with van der Waals surface area (Å²) in [7, 11) is 2.20. The quantitative estimate of drug-likeness (QED) is 0.839. The molecule has 3 rings (SSSR count). The fourth-order valence-corrected chi connectivity index (χ4v) is 4.62. The summed E-state index contributed by atoms with van der Waals surface area (Å²) in [6.45, 7) is 4.17. The molecular formula is C20H36N2O2. The largest absolute Gasteiger partial charge is 0.369 e. The molecule has 0 unspecified atom stereocenters. The number of carbonyl (C=O) groups excluding carboxylic acids is 2. The van der Waals surface area contributed by atoms with Crippen molar-refractivity contribution in [3.63, 3.8) is 0 Å². The molecule has 2 saturated carbocycles. The normalized spacial score (nSPS) is 25.8. The van der Waals surface area contributed by atoms with Gasteiger partial charge in [0.15, 0.2) is 0 Å². The molecule has 1 aliphatic heterocycles. The minimum Gasteiger partial charge on any atom is -0.369 e. The van der Waals surface area contributed by atoms with E-state index in [4.69, 9.17) is 5.73 Å². The van der Waals surface area contributed by atoms with Crippen molar-refractivity contribution >= 4 is 11.7 Å². The first-order valence-corrected chi connectivity index (χ1v) is 9.90. The molecule has 138 valence electrons. The van der Waals surface area contributed by atoms with Gasteiger partial charge in [0.1, 0.15) is 5.78 Å². The molecule has 0 aromatic carbocycles. The maximum atomic E-state index is 11.1. The predicted octanol–water partition coefficient (Wildman–Crippen LogP) is 3.53. The summed E-state index contributed by atoms with van der Waals surface area (Å²) in [6.07, 6.45) is 13.3. The third-order valence-electron chi connectivity index (χ3n) is 6.68. The third-order valence-corrected chi connectivity index (χ3v) is 6.68. The number of hydrogen-bond acceptors (Lipinski definition) is 3. The Morgan fingerprint density at radius 2 is 1.42 bits per heavy atom. The Hall–Kier alpha value is -0.900. The highest BCUT2D eigenvalue weighted by Gasteiger charge is 2.38. The van der Waals surface area contributed by atoms with Crippen LogP contribution in [0.3, 0.4) is 0 Å². The van der Waals surface area contributed by atoms with E-state index in [2.05, 4.69) is 11.9 Å². The number of Topliss-reactive ketones (excluding diaryl/α,β-unsaturated/α-hetero) is 1. The van der Waals surface area contributed by atoms with E-state index in [1.165, 1.54) is 58.0 Å². The number of nitrogens with zero attached hydrogens (tertiary/aromatic N) is 1. The fraction of sp³-hybridized carbons (Fsp3) is 0.900. The van der Waals surface area contributed by atoms with Gasteiger partial charge in [0.2, 0.25) is 5.91 Å². The second-order valence-corrected chi connectivity index (χ2v) is 8.43. The van der Waals surface area contributed by atoms with Crippen molar-refractivity contribution in [1.82, 2.24) is 4.90 Å². The zero-order chi connectivity index (χ0) is 17.6. The SMILES string of the molecule is CC(=O)C1CCCCC1.CN1CCC2(CCC(C(N)=O)CC2)CC1. The van der Waals surface area contributed by atoms with Crippen molar-refractivity contribution < 1.29 is 9.59 Å². The Bertz CT molecular complexity index is 411. The Morgan fingerprint density at radius 1 is 0.875 bits per heavy atom. The monoisotopic (exact) mass is 336 g/mol. The second-order valence-electron chi connectivity index (χ2n) is 8.43. The van der Waals surface area contributed by atoms with Crippen LogP contribution in [0, 0.1) is 17.3 Å². The smallest absolute Gasteiger partial charge is 0.220 e. The lowest BCUT2D eigenvalue weighted by Crippen LogP contribution is -2.41. The number of piperidine rings is 1. The zero-order valence-corrected chi connectivity index (χ0v) is 15.7. The number of ketones is 1. The van der Waals surface area contributed by atoms with Crippen molar-refractivity contribution in [3.8, 4) is 0 Å². The molecule has 2 aliphatic carbocycles. The molecule has 0 aromatic heterocycles. The molecule has 4 heteroatoms. The lowest BCUT2D eigenvalue weighted by molar-refractivity contribution is -0.124. The van der Waals surface area contributed by atoms with Gasteiger partial charge in [-0.3, -0.25) is 9.59 Å². The molecule has 2 N–H and O–H groups in total. The fourth-order valence-electron chi connectivity index (χ4n) is 4.62. The molecule has 0 aromatic rings. The number of primary amides is 1. The molecule has 1 spiro atoms. The Kier molecular flexibility index (Phi) is 7.27. The summed E-state index contributed by atoms with van der Waals surface area (Å²) >= 11 is 0. The van der Waals surface area contributed by atoms with E-state index in [0.29, 0.717) is 17.1 Å². The number of amides is 1. The van der Waals surface area contributed by atoms with E-state index in [0.717, 1.165) is 25.7 Å². The van der Waals surface area contributed by atoms with Crippen molar-refractivity contribution in [2.75, 3.05) is 20.1 Å². The van der Waals surface area contributed by atoms with Gasteiger partial charge in [-0.05, 0) is 83.8 Å². The average molecular weight is 337 g/mol. The number of hydrogen-bond donors (Lipinski definition) is 1. The molecule has 1 heterocycles. The van der Waals surface area contributed by atoms with Crippen LogP contribution in [0.4, 0.5) is 0 Å². The molecule has 3 aliphatic rings. The van der Waals surface area contributed by atoms with Gasteiger partial charge in [0, 0.05) is 11.8 Å². The van der Waals surface area contributed by atoms with Crippen LogP contribution in [0.15, 0.2) is 0 Å². The minimum atomic E-state index is -0.0854. The number of likely N-dealkylation sites (tertiary alicyclic amines) is 1. The van der Waals surface area contributed by atoms with Crippen molar-refractivity contribution in [2.24, 2.45) is 23.0 Å². The van der Waals surface area contributed by atoms with E-state index in [9.17, 15) is 9.59 Å². The van der Waals surface area contributed by atoms with E-state index in [1.54, 1.807) is 6.92 Å². The molecular weight excluding hydrogens is 300 g/mol. The van der Waals surface area contributed by atoms with E-state index in [1.807, 2.05) is 0 Å². The van der Waals surface area contributed by atoms with Gasteiger partial charge in [0.25, 0.3) is 0 Å². The van der Waals surface area contributed by atoms with E-state index < -0.39 is 0 Å². The predicted molar refractivity (Wildman–Crippen MR) is 97.6 cm³/mol. The van der Waals surface area contributed by atoms with E-state index in [-0.39, 0.29) is 11.8 Å². The van der Waals surface area contributed by atoms with E-state index >= 15 is 0 Å². The van der Waals surface area contributed by atoms with Gasteiger partial charge in [-0.1, -0.05) is 19.3 Å². The zero-order valence-electron chi connectivity index (χ0n) is 15.7. The highest BCUT2D eigenvalue weighted by atomic mass is 16.1. The van der Waals surface area contributed by atoms with Gasteiger partial charge >= 0.3 is 0 Å². The Morgan fingerprint density at radius 3 is 1.83 bits per heavy atom. The van der Waals surface area contributed by atoms with Crippen molar-refractivity contribution in [1.29, 1.82) is 0 Å². The number of carbonyl (C=O) groups is 2. The van der Waals surface area contributed by atoms with Crippen LogP contribution in [-0.4, -0.2) is 36.7 Å². The standard InChI is InChI=1S/C12H22N2O.C8H14O/c1-14-8-6-12(7-9-14)4-2-10(3-5-12)11(13)15;1-7(9)8-5-3-2-4-6-8/h10H,2-9H2,1H3,(H2,13,15);8H,2-6H2,1H3. The van der Waals surface area contributed by atoms with Gasteiger partial charge in [0.05, 0.1) is 0 Å². The lowest BCUT2D eigenvalue weighted by Gasteiger charge is -2.44. The first-order valence-electron chi connectivity index (χ1n) is 9.90. The summed E-state index contributed by atoms with van der Waals surface area (Å²) in [5.74, 6) is 0.890. The molecule has 24 heavy (non-hydrogen) atoms. The molecule has 1 saturated heterocycles. The summed E-state index contributed by atoms with van der Waals surface area (Å²) in [4.78, 5) is 24.3. The van der Waals surface area contributed by atoms with Crippen LogP contribution in [-0.2, 0) is 9.59 Å². The first kappa shape index (κ1) is 19.4. The van der Waals surface area contributed by atoms with Gasteiger partial charge in [-0.25, -0.2) is 0 Å². The van der Waals surface area contributed by atoms with Crippen LogP contribution in [0.1, 0.15) is 77.6 Å². The van der Waals surface area contributed by atoms with Crippen LogP contribution in [0.25, 0.3) is 0 Å². The maximum absolute atomic E-state index is 11.1. The molecule has 3 fully saturated rings. The highest BCUT2D eigenvalue weighted by molar-refractivity contribution is 5.78. The minimum absolute atomic E-state index is 0.0854. The van der Waals surface area contributed by atoms with Crippen LogP contribution >= 0.6 is 0 Å². The summed E-state index contributed by atoms with van der Waals surface area (Å²) in [5, 5.41) is 0. The Labute approximate surface area is 147 Å². The van der Waals surface area contributed by atoms with Gasteiger partial charge in [-0.15, -0.1) is 0 Å². The average Bonchev–Trinajstić information content (AvgIpc) is 2.59. The van der Waals surface area contributed by atoms with Crippen LogP contribution in [0.2, 0.25) is 0 Å². The molecule has 1 amide bonds. The first-order chi connectivity index (χ1) is 11.4.